The molecular formula is C15H10N4S. The molecule has 4 aromatic rings. The first-order chi connectivity index (χ1) is 9.90. The Labute approximate surface area is 119 Å². The fourth-order valence-electron chi connectivity index (χ4n) is 2.14. The Morgan fingerprint density at radius 1 is 0.850 bits per heavy atom. The van der Waals surface area contributed by atoms with Gasteiger partial charge in [0.05, 0.1) is 0 Å². The number of hydrogen-bond acceptors (Lipinski definition) is 4. The summed E-state index contributed by atoms with van der Waals surface area (Å²) < 4.78 is 0. The van der Waals surface area contributed by atoms with Crippen LogP contribution in [-0.4, -0.2) is 20.2 Å². The molecule has 0 aliphatic carbocycles. The van der Waals surface area contributed by atoms with E-state index in [0.29, 0.717) is 0 Å². The summed E-state index contributed by atoms with van der Waals surface area (Å²) in [6.45, 7) is 0. The average molecular weight is 278 g/mol. The fraction of sp³-hybridized carbons (Fsp3) is 0. The third-order valence-corrected chi connectivity index (χ3v) is 4.17. The molecule has 0 aliphatic rings. The van der Waals surface area contributed by atoms with Gasteiger partial charge in [0.15, 0.2) is 0 Å². The predicted molar refractivity (Wildman–Crippen MR) is 80.4 cm³/mol. The van der Waals surface area contributed by atoms with Crippen molar-refractivity contribution < 1.29 is 0 Å². The Balaban J connectivity index is 1.77. The topological polar surface area (TPSA) is 54.5 Å². The zero-order valence-electron chi connectivity index (χ0n) is 10.4. The van der Waals surface area contributed by atoms with Gasteiger partial charge in [-0.3, -0.25) is 4.98 Å². The molecule has 96 valence electrons. The quantitative estimate of drug-likeness (QED) is 0.607. The molecule has 1 N–H and O–H groups in total. The Kier molecular flexibility index (Phi) is 2.57. The molecule has 0 atom stereocenters. The second-order valence-electron chi connectivity index (χ2n) is 4.43. The average Bonchev–Trinajstić information content (AvgIpc) is 3.16. The van der Waals surface area contributed by atoms with Gasteiger partial charge >= 0.3 is 0 Å². The molecule has 0 saturated carbocycles. The third-order valence-electron chi connectivity index (χ3n) is 3.15. The molecule has 0 amide bonds. The van der Waals surface area contributed by atoms with Crippen molar-refractivity contribution in [2.75, 3.05) is 0 Å². The van der Waals surface area contributed by atoms with Crippen molar-refractivity contribution in [1.29, 1.82) is 0 Å². The molecule has 5 heteroatoms. The summed E-state index contributed by atoms with van der Waals surface area (Å²) >= 11 is 1.59. The van der Waals surface area contributed by atoms with Gasteiger partial charge in [0.25, 0.3) is 0 Å². The third kappa shape index (κ3) is 1.88. The van der Waals surface area contributed by atoms with Crippen molar-refractivity contribution in [1.82, 2.24) is 20.2 Å². The van der Waals surface area contributed by atoms with E-state index < -0.39 is 0 Å². The highest BCUT2D eigenvalue weighted by Crippen LogP contribution is 2.30. The van der Waals surface area contributed by atoms with Crippen molar-refractivity contribution in [3.63, 3.8) is 0 Å². The molecule has 4 nitrogen and oxygen atoms in total. The molecule has 0 saturated heterocycles. The predicted octanol–water partition coefficient (Wildman–Crippen LogP) is 3.75. The smallest absolute Gasteiger partial charge is 0.148 e. The van der Waals surface area contributed by atoms with Crippen LogP contribution in [0.3, 0.4) is 0 Å². The van der Waals surface area contributed by atoms with Crippen LogP contribution in [0.4, 0.5) is 0 Å². The van der Waals surface area contributed by atoms with E-state index in [1.54, 1.807) is 23.7 Å². The number of benzene rings is 1. The van der Waals surface area contributed by atoms with Crippen LogP contribution < -0.4 is 0 Å². The number of rotatable bonds is 2. The zero-order valence-corrected chi connectivity index (χ0v) is 11.3. The summed E-state index contributed by atoms with van der Waals surface area (Å²) in [5, 5.41) is 11.6. The van der Waals surface area contributed by atoms with Crippen molar-refractivity contribution in [3.8, 4) is 21.1 Å². The van der Waals surface area contributed by atoms with Gasteiger partial charge in [0, 0.05) is 40.6 Å². The first-order valence-corrected chi connectivity index (χ1v) is 7.03. The number of fused-ring (bicyclic) bond motifs is 1. The first-order valence-electron chi connectivity index (χ1n) is 6.21. The molecule has 0 spiro atoms. The SMILES string of the molecule is c1cc(-c2nnc(-c3ccc4[nH]ccc4c3)s2)ccn1. The van der Waals surface area contributed by atoms with E-state index in [4.69, 9.17) is 0 Å². The van der Waals surface area contributed by atoms with E-state index >= 15 is 0 Å². The molecule has 3 aromatic heterocycles. The zero-order chi connectivity index (χ0) is 13.4. The maximum Gasteiger partial charge on any atom is 0.148 e. The van der Waals surface area contributed by atoms with E-state index in [9.17, 15) is 0 Å². The van der Waals surface area contributed by atoms with E-state index in [1.165, 1.54) is 5.39 Å². The maximum absolute atomic E-state index is 4.29. The number of nitrogens with one attached hydrogen (secondary N) is 1. The van der Waals surface area contributed by atoms with Gasteiger partial charge in [-0.05, 0) is 36.4 Å². The summed E-state index contributed by atoms with van der Waals surface area (Å²) in [6.07, 6.45) is 5.47. The van der Waals surface area contributed by atoms with Crippen LogP contribution in [0.2, 0.25) is 0 Å². The van der Waals surface area contributed by atoms with Crippen LogP contribution in [0, 0.1) is 0 Å². The van der Waals surface area contributed by atoms with E-state index in [0.717, 1.165) is 26.7 Å². The summed E-state index contributed by atoms with van der Waals surface area (Å²) in [4.78, 5) is 7.21. The summed E-state index contributed by atoms with van der Waals surface area (Å²) in [6, 6.07) is 12.2. The van der Waals surface area contributed by atoms with Gasteiger partial charge in [-0.25, -0.2) is 0 Å². The highest BCUT2D eigenvalue weighted by molar-refractivity contribution is 7.17. The van der Waals surface area contributed by atoms with Crippen molar-refractivity contribution >= 4 is 22.2 Å². The van der Waals surface area contributed by atoms with Gasteiger partial charge in [-0.15, -0.1) is 10.2 Å². The molecule has 0 aliphatic heterocycles. The Bertz CT molecular complexity index is 864. The highest BCUT2D eigenvalue weighted by atomic mass is 32.1. The minimum atomic E-state index is 0.913. The summed E-state index contributed by atoms with van der Waals surface area (Å²) in [5.41, 5.74) is 3.27. The molecule has 0 radical (unpaired) electrons. The lowest BCUT2D eigenvalue weighted by molar-refractivity contribution is 1.10. The lowest BCUT2D eigenvalue weighted by Crippen LogP contribution is -1.78. The van der Waals surface area contributed by atoms with Crippen LogP contribution in [0.15, 0.2) is 55.0 Å². The minimum absolute atomic E-state index is 0.913. The van der Waals surface area contributed by atoms with E-state index in [1.807, 2.05) is 18.3 Å². The lowest BCUT2D eigenvalue weighted by atomic mass is 10.2. The van der Waals surface area contributed by atoms with Gasteiger partial charge in [-0.2, -0.15) is 0 Å². The number of aromatic nitrogens is 4. The van der Waals surface area contributed by atoms with Crippen LogP contribution in [-0.2, 0) is 0 Å². The van der Waals surface area contributed by atoms with Gasteiger partial charge in [0.1, 0.15) is 10.0 Å². The molecule has 4 rings (SSSR count). The molecule has 20 heavy (non-hydrogen) atoms. The Morgan fingerprint density at radius 2 is 1.65 bits per heavy atom. The number of pyridine rings is 1. The second-order valence-corrected chi connectivity index (χ2v) is 5.41. The van der Waals surface area contributed by atoms with Crippen LogP contribution >= 0.6 is 11.3 Å². The Morgan fingerprint density at radius 3 is 2.50 bits per heavy atom. The van der Waals surface area contributed by atoms with Crippen molar-refractivity contribution in [2.24, 2.45) is 0 Å². The molecule has 1 aromatic carbocycles. The summed E-state index contributed by atoms with van der Waals surface area (Å²) in [5.74, 6) is 0. The number of hydrogen-bond donors (Lipinski definition) is 1. The molecule has 0 bridgehead atoms. The van der Waals surface area contributed by atoms with Crippen molar-refractivity contribution in [3.05, 3.63) is 55.0 Å². The molecule has 3 heterocycles. The number of aromatic amines is 1. The monoisotopic (exact) mass is 278 g/mol. The first kappa shape index (κ1) is 11.3. The molecule has 0 unspecified atom stereocenters. The number of nitrogens with zero attached hydrogens (tertiary/aromatic N) is 3. The lowest BCUT2D eigenvalue weighted by Gasteiger charge is -1.95. The molecular weight excluding hydrogens is 268 g/mol. The minimum Gasteiger partial charge on any atom is -0.361 e. The summed E-state index contributed by atoms with van der Waals surface area (Å²) in [7, 11) is 0. The van der Waals surface area contributed by atoms with E-state index in [2.05, 4.69) is 44.4 Å². The Hall–Kier alpha value is -2.53. The van der Waals surface area contributed by atoms with Gasteiger partial charge in [-0.1, -0.05) is 11.3 Å². The number of H-pyrrole nitrogens is 1. The maximum atomic E-state index is 4.29. The van der Waals surface area contributed by atoms with Gasteiger partial charge in [0.2, 0.25) is 0 Å². The molecule has 0 fully saturated rings. The van der Waals surface area contributed by atoms with Crippen molar-refractivity contribution in [2.45, 2.75) is 0 Å². The standard InChI is InChI=1S/C15H10N4S/c1-2-13-11(5-8-17-13)9-12(1)15-19-18-14(20-15)10-3-6-16-7-4-10/h1-9,17H. The van der Waals surface area contributed by atoms with Crippen LogP contribution in [0.25, 0.3) is 32.0 Å². The van der Waals surface area contributed by atoms with Gasteiger partial charge < -0.3 is 4.98 Å². The second kappa shape index (κ2) is 4.54. The highest BCUT2D eigenvalue weighted by Gasteiger charge is 2.09. The van der Waals surface area contributed by atoms with E-state index in [-0.39, 0.29) is 0 Å². The van der Waals surface area contributed by atoms with Crippen LogP contribution in [0.1, 0.15) is 0 Å². The van der Waals surface area contributed by atoms with Crippen LogP contribution in [0.5, 0.6) is 0 Å². The normalized spacial score (nSPS) is 11.0. The largest absolute Gasteiger partial charge is 0.361 e. The fourth-order valence-corrected chi connectivity index (χ4v) is 2.98.